The first-order valence-corrected chi connectivity index (χ1v) is 4.11. The summed E-state index contributed by atoms with van der Waals surface area (Å²) >= 11 is 6.00. The van der Waals surface area contributed by atoms with E-state index in [1.807, 2.05) is 0 Å². The van der Waals surface area contributed by atoms with Crippen molar-refractivity contribution >= 4 is 54.8 Å². The first-order valence-electron chi connectivity index (χ1n) is 2.53. The van der Waals surface area contributed by atoms with Gasteiger partial charge in [-0.05, 0) is 31.9 Å². The molecule has 1 heterocycles. The van der Waals surface area contributed by atoms with Crippen molar-refractivity contribution in [1.29, 1.82) is 0 Å². The van der Waals surface area contributed by atoms with E-state index >= 15 is 0 Å². The molecule has 0 bridgehead atoms. The summed E-state index contributed by atoms with van der Waals surface area (Å²) in [5.74, 6) is -1.08. The summed E-state index contributed by atoms with van der Waals surface area (Å²) in [6.07, 6.45) is 0. The van der Waals surface area contributed by atoms with Gasteiger partial charge in [-0.2, -0.15) is 0 Å². The van der Waals surface area contributed by atoms with E-state index in [2.05, 4.69) is 41.8 Å². The van der Waals surface area contributed by atoms with Gasteiger partial charge in [0, 0.05) is 6.07 Å². The van der Waals surface area contributed by atoms with Crippen LogP contribution in [0.15, 0.2) is 15.4 Å². The van der Waals surface area contributed by atoms with Crippen LogP contribution < -0.4 is 0 Å². The Morgan fingerprint density at radius 2 is 2.00 bits per heavy atom. The molecular weight excluding hydrogens is 360 g/mol. The first kappa shape index (κ1) is 12.0. The molecule has 0 aliphatic heterocycles. The number of carbonyl (C=O) groups is 1. The number of carboxylic acids is 1. The Hall–Kier alpha value is -0.0100. The minimum absolute atomic E-state index is 0. The van der Waals surface area contributed by atoms with Crippen LogP contribution in [0.2, 0.25) is 0 Å². The molecule has 66 valence electrons. The van der Waals surface area contributed by atoms with Crippen LogP contribution in [0.25, 0.3) is 0 Å². The fourth-order valence-electron chi connectivity index (χ4n) is 0.499. The van der Waals surface area contributed by atoms with Gasteiger partial charge >= 0.3 is 5.97 Å². The number of rotatable bonds is 1. The minimum atomic E-state index is -1.08. The van der Waals surface area contributed by atoms with Gasteiger partial charge in [0.25, 0.3) is 0 Å². The normalized spacial score (nSPS) is 8.83. The smallest absolute Gasteiger partial charge is 0.354 e. The molecule has 1 aromatic heterocycles. The summed E-state index contributed by atoms with van der Waals surface area (Å²) in [6.45, 7) is 0. The summed E-state index contributed by atoms with van der Waals surface area (Å²) in [6, 6.07) is 1.33. The second-order valence-electron chi connectivity index (χ2n) is 1.65. The summed E-state index contributed by atoms with van der Waals surface area (Å²) in [7, 11) is 0. The first-order chi connectivity index (χ1) is 5.09. The van der Waals surface area contributed by atoms with E-state index in [1.165, 1.54) is 6.07 Å². The predicted molar refractivity (Wildman–Crippen MR) is 54.7 cm³/mol. The standard InChI is InChI=1S/C5H2Br2N2O2.BrH/c6-3-1-2(4(10)11)8-5(7)9-3;/h1H,(H,10,11);1H. The SMILES string of the molecule is Br.O=C(O)c1cc(Br)nc(Br)n1. The molecule has 0 saturated carbocycles. The number of carboxylic acid groups (broad SMARTS) is 1. The monoisotopic (exact) mass is 360 g/mol. The van der Waals surface area contributed by atoms with E-state index in [0.29, 0.717) is 4.60 Å². The van der Waals surface area contributed by atoms with Gasteiger partial charge in [0.1, 0.15) is 4.60 Å². The predicted octanol–water partition coefficient (Wildman–Crippen LogP) is 2.28. The Bertz CT molecular complexity index is 284. The molecule has 1 rings (SSSR count). The van der Waals surface area contributed by atoms with Crippen LogP contribution in [0.5, 0.6) is 0 Å². The largest absolute Gasteiger partial charge is 0.477 e. The van der Waals surface area contributed by atoms with Crippen LogP contribution in [-0.4, -0.2) is 21.0 Å². The lowest BCUT2D eigenvalue weighted by Gasteiger charge is -1.94. The van der Waals surface area contributed by atoms with Crippen molar-refractivity contribution in [2.75, 3.05) is 0 Å². The van der Waals surface area contributed by atoms with Crippen molar-refractivity contribution in [3.63, 3.8) is 0 Å². The van der Waals surface area contributed by atoms with E-state index in [-0.39, 0.29) is 27.4 Å². The third-order valence-corrected chi connectivity index (χ3v) is 1.65. The molecular formula is C5H3Br3N2O2. The van der Waals surface area contributed by atoms with E-state index in [4.69, 9.17) is 5.11 Å². The van der Waals surface area contributed by atoms with Crippen LogP contribution in [0.1, 0.15) is 10.5 Å². The topological polar surface area (TPSA) is 63.1 Å². The number of aromatic nitrogens is 2. The number of nitrogens with zero attached hydrogens (tertiary/aromatic N) is 2. The lowest BCUT2D eigenvalue weighted by molar-refractivity contribution is 0.0690. The zero-order valence-electron chi connectivity index (χ0n) is 5.49. The highest BCUT2D eigenvalue weighted by Crippen LogP contribution is 2.11. The van der Waals surface area contributed by atoms with E-state index in [0.717, 1.165) is 0 Å². The van der Waals surface area contributed by atoms with E-state index in [9.17, 15) is 4.79 Å². The number of hydrogen-bond donors (Lipinski definition) is 1. The molecule has 0 atom stereocenters. The highest BCUT2D eigenvalue weighted by atomic mass is 79.9. The quantitative estimate of drug-likeness (QED) is 0.615. The molecule has 0 spiro atoms. The van der Waals surface area contributed by atoms with Gasteiger partial charge in [0.15, 0.2) is 10.4 Å². The lowest BCUT2D eigenvalue weighted by atomic mass is 10.4. The minimum Gasteiger partial charge on any atom is -0.477 e. The van der Waals surface area contributed by atoms with E-state index in [1.54, 1.807) is 0 Å². The summed E-state index contributed by atoms with van der Waals surface area (Å²) in [5.41, 5.74) is -0.0428. The van der Waals surface area contributed by atoms with Crippen molar-refractivity contribution in [2.24, 2.45) is 0 Å². The van der Waals surface area contributed by atoms with Gasteiger partial charge in [0.05, 0.1) is 0 Å². The zero-order valence-corrected chi connectivity index (χ0v) is 10.4. The van der Waals surface area contributed by atoms with Gasteiger partial charge in [0.2, 0.25) is 0 Å². The van der Waals surface area contributed by atoms with Crippen LogP contribution in [0.4, 0.5) is 0 Å². The second-order valence-corrected chi connectivity index (χ2v) is 3.17. The van der Waals surface area contributed by atoms with Gasteiger partial charge in [-0.25, -0.2) is 14.8 Å². The maximum atomic E-state index is 10.4. The molecule has 1 N–H and O–H groups in total. The molecule has 0 amide bonds. The van der Waals surface area contributed by atoms with Gasteiger partial charge in [-0.1, -0.05) is 0 Å². The third-order valence-electron chi connectivity index (χ3n) is 0.887. The van der Waals surface area contributed by atoms with Gasteiger partial charge in [-0.3, -0.25) is 0 Å². The average Bonchev–Trinajstić information content (AvgIpc) is 1.85. The number of aromatic carboxylic acids is 1. The van der Waals surface area contributed by atoms with Crippen molar-refractivity contribution in [3.05, 3.63) is 21.1 Å². The average molecular weight is 363 g/mol. The summed E-state index contributed by atoms with van der Waals surface area (Å²) in [4.78, 5) is 17.8. The Morgan fingerprint density at radius 1 is 1.42 bits per heavy atom. The molecule has 1 aromatic rings. The van der Waals surface area contributed by atoms with Crippen molar-refractivity contribution < 1.29 is 9.90 Å². The third kappa shape index (κ3) is 3.16. The molecule has 7 heteroatoms. The molecule has 0 unspecified atom stereocenters. The Labute approximate surface area is 95.4 Å². The fraction of sp³-hybridized carbons (Fsp3) is 0. The van der Waals surface area contributed by atoms with Crippen LogP contribution in [-0.2, 0) is 0 Å². The maximum absolute atomic E-state index is 10.4. The van der Waals surface area contributed by atoms with Crippen LogP contribution in [0.3, 0.4) is 0 Å². The van der Waals surface area contributed by atoms with Gasteiger partial charge in [-0.15, -0.1) is 17.0 Å². The summed E-state index contributed by atoms with van der Waals surface area (Å²) < 4.78 is 0.695. The highest BCUT2D eigenvalue weighted by molar-refractivity contribution is 9.11. The second kappa shape index (κ2) is 4.88. The van der Waals surface area contributed by atoms with E-state index < -0.39 is 5.97 Å². The van der Waals surface area contributed by atoms with Crippen LogP contribution >= 0.6 is 48.8 Å². The maximum Gasteiger partial charge on any atom is 0.354 e. The van der Waals surface area contributed by atoms with Crippen molar-refractivity contribution in [1.82, 2.24) is 9.97 Å². The van der Waals surface area contributed by atoms with Crippen LogP contribution in [0, 0.1) is 0 Å². The van der Waals surface area contributed by atoms with Gasteiger partial charge < -0.3 is 5.11 Å². The molecule has 12 heavy (non-hydrogen) atoms. The fourth-order valence-corrected chi connectivity index (χ4v) is 1.50. The summed E-state index contributed by atoms with van der Waals surface area (Å²) in [5, 5.41) is 8.50. The molecule has 0 fully saturated rings. The Morgan fingerprint density at radius 3 is 2.42 bits per heavy atom. The Balaban J connectivity index is 0.00000121. The lowest BCUT2D eigenvalue weighted by Crippen LogP contribution is -2.01. The molecule has 0 saturated heterocycles. The number of halogens is 3. The van der Waals surface area contributed by atoms with Crippen molar-refractivity contribution in [2.45, 2.75) is 0 Å². The Kier molecular flexibility index (Phi) is 4.88. The highest BCUT2D eigenvalue weighted by Gasteiger charge is 2.06. The molecule has 0 aliphatic rings. The molecule has 0 aromatic carbocycles. The zero-order chi connectivity index (χ0) is 8.43. The van der Waals surface area contributed by atoms with Crippen molar-refractivity contribution in [3.8, 4) is 0 Å². The number of hydrogen-bond acceptors (Lipinski definition) is 3. The molecule has 4 nitrogen and oxygen atoms in total. The molecule has 0 radical (unpaired) electrons. The molecule has 0 aliphatic carbocycles.